The van der Waals surface area contributed by atoms with Crippen LogP contribution in [0.1, 0.15) is 24.5 Å². The molecule has 132 valence electrons. The first-order valence-electron chi connectivity index (χ1n) is 8.70. The van der Waals surface area contributed by atoms with E-state index in [-0.39, 0.29) is 5.56 Å². The zero-order valence-corrected chi connectivity index (χ0v) is 15.9. The lowest BCUT2D eigenvalue weighted by Gasteiger charge is -2.12. The van der Waals surface area contributed by atoms with Gasteiger partial charge in [-0.1, -0.05) is 36.9 Å². The third kappa shape index (κ3) is 2.70. The number of thioether (sulfide) groups is 1. The molecule has 0 unspecified atom stereocenters. The Morgan fingerprint density at radius 2 is 1.77 bits per heavy atom. The molecule has 0 aliphatic heterocycles. The number of para-hydroxylation sites is 1. The maximum atomic E-state index is 13.3. The lowest BCUT2D eigenvalue weighted by molar-refractivity contribution is 0.927. The first kappa shape index (κ1) is 16.8. The predicted molar refractivity (Wildman–Crippen MR) is 107 cm³/mol. The van der Waals surface area contributed by atoms with Crippen molar-refractivity contribution in [2.45, 2.75) is 32.3 Å². The number of nitrogens with zero attached hydrogens (tertiary/aromatic N) is 4. The molecule has 0 saturated heterocycles. The minimum absolute atomic E-state index is 0.0717. The Balaban J connectivity index is 2.13. The Hall–Kier alpha value is -2.60. The van der Waals surface area contributed by atoms with Gasteiger partial charge in [0.15, 0.2) is 5.16 Å². The predicted octanol–water partition coefficient (Wildman–Crippen LogP) is 4.15. The second-order valence-corrected chi connectivity index (χ2v) is 7.53. The molecule has 0 radical (unpaired) electrons. The molecule has 2 heterocycles. The maximum Gasteiger partial charge on any atom is 0.267 e. The van der Waals surface area contributed by atoms with E-state index in [0.717, 1.165) is 39.7 Å². The number of aryl methyl sites for hydroxylation is 2. The number of benzene rings is 2. The molecular weight excluding hydrogens is 344 g/mol. The van der Waals surface area contributed by atoms with Crippen molar-refractivity contribution in [1.29, 1.82) is 0 Å². The van der Waals surface area contributed by atoms with Crippen LogP contribution in [-0.4, -0.2) is 24.9 Å². The summed E-state index contributed by atoms with van der Waals surface area (Å²) >= 11 is 1.66. The fraction of sp³-hybridized carbons (Fsp3) is 0.250. The molecule has 0 saturated carbocycles. The van der Waals surface area contributed by atoms with Crippen molar-refractivity contribution in [3.63, 3.8) is 0 Å². The number of hydrogen-bond acceptors (Lipinski definition) is 4. The van der Waals surface area contributed by atoms with Crippen LogP contribution in [-0.2, 0) is 0 Å². The molecule has 4 aromatic rings. The summed E-state index contributed by atoms with van der Waals surface area (Å²) in [5.41, 5.74) is 3.81. The Morgan fingerprint density at radius 1 is 1.04 bits per heavy atom. The zero-order chi connectivity index (χ0) is 18.3. The molecule has 0 N–H and O–H groups in total. The molecule has 0 aliphatic carbocycles. The Morgan fingerprint density at radius 3 is 2.50 bits per heavy atom. The number of rotatable bonds is 4. The van der Waals surface area contributed by atoms with Crippen LogP contribution < -0.4 is 5.56 Å². The fourth-order valence-corrected chi connectivity index (χ4v) is 4.07. The van der Waals surface area contributed by atoms with Gasteiger partial charge in [0.1, 0.15) is 0 Å². The molecule has 2 aromatic heterocycles. The van der Waals surface area contributed by atoms with E-state index in [9.17, 15) is 4.79 Å². The van der Waals surface area contributed by atoms with Crippen LogP contribution in [0.3, 0.4) is 0 Å². The van der Waals surface area contributed by atoms with Crippen LogP contribution in [0, 0.1) is 13.8 Å². The molecule has 0 aliphatic rings. The van der Waals surface area contributed by atoms with Crippen LogP contribution >= 0.6 is 11.8 Å². The largest absolute Gasteiger partial charge is 0.268 e. The van der Waals surface area contributed by atoms with E-state index >= 15 is 0 Å². The molecule has 4 rings (SSSR count). The van der Waals surface area contributed by atoms with Crippen LogP contribution in [0.4, 0.5) is 0 Å². The number of hydrogen-bond donors (Lipinski definition) is 0. The SMILES string of the molecule is CCCSc1nnc2n(-c3cc(C)cc(C)c3)c(=O)c3ccccc3n12. The summed E-state index contributed by atoms with van der Waals surface area (Å²) in [5, 5.41) is 10.2. The quantitative estimate of drug-likeness (QED) is 0.511. The van der Waals surface area contributed by atoms with Gasteiger partial charge in [-0.05, 0) is 55.7 Å². The molecule has 5 nitrogen and oxygen atoms in total. The zero-order valence-electron chi connectivity index (χ0n) is 15.1. The molecule has 0 amide bonds. The molecule has 26 heavy (non-hydrogen) atoms. The van der Waals surface area contributed by atoms with E-state index in [1.165, 1.54) is 0 Å². The summed E-state index contributed by atoms with van der Waals surface area (Å²) in [4.78, 5) is 13.3. The second-order valence-electron chi connectivity index (χ2n) is 6.47. The van der Waals surface area contributed by atoms with Gasteiger partial charge in [0.2, 0.25) is 5.78 Å². The van der Waals surface area contributed by atoms with Crippen molar-refractivity contribution >= 4 is 28.4 Å². The van der Waals surface area contributed by atoms with Crippen molar-refractivity contribution in [2.75, 3.05) is 5.75 Å². The van der Waals surface area contributed by atoms with E-state index in [0.29, 0.717) is 11.2 Å². The van der Waals surface area contributed by atoms with Gasteiger partial charge in [0.05, 0.1) is 16.6 Å². The standard InChI is InChI=1S/C20H20N4OS/c1-4-9-26-20-22-21-19-23(15-11-13(2)10-14(3)12-15)18(25)16-7-5-6-8-17(16)24(19)20/h5-8,10-12H,4,9H2,1-3H3. The van der Waals surface area contributed by atoms with E-state index in [1.807, 2.05) is 54.6 Å². The van der Waals surface area contributed by atoms with Crippen molar-refractivity contribution in [2.24, 2.45) is 0 Å². The van der Waals surface area contributed by atoms with E-state index in [2.05, 4.69) is 23.2 Å². The molecule has 6 heteroatoms. The lowest BCUT2D eigenvalue weighted by atomic mass is 10.1. The Bertz CT molecular complexity index is 1160. The molecule has 0 atom stereocenters. The third-order valence-electron chi connectivity index (χ3n) is 4.29. The number of fused-ring (bicyclic) bond motifs is 3. The monoisotopic (exact) mass is 364 g/mol. The van der Waals surface area contributed by atoms with Crippen LogP contribution in [0.15, 0.2) is 52.4 Å². The fourth-order valence-electron chi connectivity index (χ4n) is 3.28. The van der Waals surface area contributed by atoms with Gasteiger partial charge in [-0.2, -0.15) is 0 Å². The minimum Gasteiger partial charge on any atom is -0.268 e. The van der Waals surface area contributed by atoms with Crippen LogP contribution in [0.2, 0.25) is 0 Å². The van der Waals surface area contributed by atoms with Crippen LogP contribution in [0.5, 0.6) is 0 Å². The van der Waals surface area contributed by atoms with Gasteiger partial charge in [-0.15, -0.1) is 10.2 Å². The van der Waals surface area contributed by atoms with Crippen molar-refractivity contribution in [3.05, 3.63) is 63.9 Å². The van der Waals surface area contributed by atoms with E-state index < -0.39 is 0 Å². The van der Waals surface area contributed by atoms with Gasteiger partial charge in [0, 0.05) is 5.75 Å². The molecule has 0 spiro atoms. The first-order chi connectivity index (χ1) is 12.6. The van der Waals surface area contributed by atoms with Crippen LogP contribution in [0.25, 0.3) is 22.4 Å². The highest BCUT2D eigenvalue weighted by Gasteiger charge is 2.17. The molecular formula is C20H20N4OS. The topological polar surface area (TPSA) is 52.2 Å². The lowest BCUT2D eigenvalue weighted by Crippen LogP contribution is -2.22. The molecule has 2 aromatic carbocycles. The average Bonchev–Trinajstić information content (AvgIpc) is 3.03. The van der Waals surface area contributed by atoms with Gasteiger partial charge in [-0.25, -0.2) is 4.57 Å². The highest BCUT2D eigenvalue weighted by atomic mass is 32.2. The average molecular weight is 364 g/mol. The van der Waals surface area contributed by atoms with E-state index in [1.54, 1.807) is 16.3 Å². The van der Waals surface area contributed by atoms with E-state index in [4.69, 9.17) is 0 Å². The first-order valence-corrected chi connectivity index (χ1v) is 9.69. The second kappa shape index (κ2) is 6.61. The minimum atomic E-state index is -0.0717. The highest BCUT2D eigenvalue weighted by molar-refractivity contribution is 7.99. The molecule has 0 bridgehead atoms. The highest BCUT2D eigenvalue weighted by Crippen LogP contribution is 2.24. The van der Waals surface area contributed by atoms with Crippen molar-refractivity contribution in [3.8, 4) is 5.69 Å². The van der Waals surface area contributed by atoms with Crippen molar-refractivity contribution in [1.82, 2.24) is 19.2 Å². The molecule has 0 fully saturated rings. The van der Waals surface area contributed by atoms with Gasteiger partial charge in [-0.3, -0.25) is 9.20 Å². The van der Waals surface area contributed by atoms with Gasteiger partial charge in [0.25, 0.3) is 5.56 Å². The summed E-state index contributed by atoms with van der Waals surface area (Å²) < 4.78 is 3.67. The normalized spacial score (nSPS) is 11.5. The van der Waals surface area contributed by atoms with Crippen molar-refractivity contribution < 1.29 is 0 Å². The Labute approximate surface area is 155 Å². The van der Waals surface area contributed by atoms with Gasteiger partial charge >= 0.3 is 0 Å². The van der Waals surface area contributed by atoms with Gasteiger partial charge < -0.3 is 0 Å². The number of aromatic nitrogens is 4. The summed E-state index contributed by atoms with van der Waals surface area (Å²) in [6.07, 6.45) is 1.05. The summed E-state index contributed by atoms with van der Waals surface area (Å²) in [5.74, 6) is 1.51. The summed E-state index contributed by atoms with van der Waals surface area (Å²) in [7, 11) is 0. The third-order valence-corrected chi connectivity index (χ3v) is 5.43. The Kier molecular flexibility index (Phi) is 4.28. The maximum absolute atomic E-state index is 13.3. The smallest absolute Gasteiger partial charge is 0.267 e. The summed E-state index contributed by atoms with van der Waals surface area (Å²) in [6, 6.07) is 13.8. The summed E-state index contributed by atoms with van der Waals surface area (Å²) in [6.45, 7) is 6.21.